The average Bonchev–Trinajstić information content (AvgIpc) is 2.56. The van der Waals surface area contributed by atoms with Crippen LogP contribution >= 0.6 is 22.9 Å². The van der Waals surface area contributed by atoms with Gasteiger partial charge >= 0.3 is 0 Å². The highest BCUT2D eigenvalue weighted by Crippen LogP contribution is 2.48. The van der Waals surface area contributed by atoms with Crippen molar-refractivity contribution in [3.05, 3.63) is 21.3 Å². The highest BCUT2D eigenvalue weighted by atomic mass is 35.5. The van der Waals surface area contributed by atoms with E-state index in [2.05, 4.69) is 19.9 Å². The molecule has 2 N–H and O–H groups in total. The summed E-state index contributed by atoms with van der Waals surface area (Å²) >= 11 is 7.70. The lowest BCUT2D eigenvalue weighted by Crippen LogP contribution is -2.36. The van der Waals surface area contributed by atoms with E-state index in [1.807, 2.05) is 6.07 Å². The van der Waals surface area contributed by atoms with Crippen LogP contribution in [0.5, 0.6) is 0 Å². The summed E-state index contributed by atoms with van der Waals surface area (Å²) < 4.78 is 0.889. The first-order chi connectivity index (χ1) is 6.99. The molecule has 0 aliphatic heterocycles. The van der Waals surface area contributed by atoms with Crippen LogP contribution in [-0.2, 0) is 0 Å². The van der Waals surface area contributed by atoms with Crippen LogP contribution in [0.3, 0.4) is 0 Å². The number of thiophene rings is 1. The molecule has 0 aromatic carbocycles. The van der Waals surface area contributed by atoms with Crippen LogP contribution in [-0.4, -0.2) is 6.04 Å². The predicted octanol–water partition coefficient (Wildman–Crippen LogP) is 4.02. The van der Waals surface area contributed by atoms with E-state index in [-0.39, 0.29) is 0 Å². The predicted molar refractivity (Wildman–Crippen MR) is 67.7 cm³/mol. The van der Waals surface area contributed by atoms with Gasteiger partial charge in [0.05, 0.1) is 4.34 Å². The summed E-state index contributed by atoms with van der Waals surface area (Å²) in [7, 11) is 0. The molecule has 1 aromatic heterocycles. The van der Waals surface area contributed by atoms with Crippen molar-refractivity contribution in [2.45, 2.75) is 45.1 Å². The Balaban J connectivity index is 2.25. The van der Waals surface area contributed by atoms with Crippen LogP contribution < -0.4 is 5.73 Å². The van der Waals surface area contributed by atoms with E-state index in [0.29, 0.717) is 17.4 Å². The molecule has 0 saturated heterocycles. The second-order valence-corrected chi connectivity index (χ2v) is 6.96. The molecular formula is C12H18ClNS. The van der Waals surface area contributed by atoms with E-state index in [4.69, 9.17) is 17.3 Å². The fourth-order valence-corrected chi connectivity index (χ4v) is 3.87. The standard InChI is InChI=1S/C12H18ClNS/c1-12(2)6-5-8(14)7-9(12)10-3-4-11(13)15-10/h3-4,8-9H,5-7,14H2,1-2H3. The smallest absolute Gasteiger partial charge is 0.0931 e. The van der Waals surface area contributed by atoms with Crippen LogP contribution in [0.1, 0.15) is 43.9 Å². The van der Waals surface area contributed by atoms with Gasteiger partial charge in [-0.2, -0.15) is 0 Å². The summed E-state index contributed by atoms with van der Waals surface area (Å²) in [4.78, 5) is 1.40. The molecule has 1 saturated carbocycles. The lowest BCUT2D eigenvalue weighted by atomic mass is 9.67. The molecule has 15 heavy (non-hydrogen) atoms. The van der Waals surface area contributed by atoms with Gasteiger partial charge in [-0.25, -0.2) is 0 Å². The van der Waals surface area contributed by atoms with E-state index < -0.39 is 0 Å². The van der Waals surface area contributed by atoms with Crippen LogP contribution in [0.4, 0.5) is 0 Å². The summed E-state index contributed by atoms with van der Waals surface area (Å²) in [5.74, 6) is 0.582. The number of halogens is 1. The van der Waals surface area contributed by atoms with Gasteiger partial charge in [0.25, 0.3) is 0 Å². The Kier molecular flexibility index (Phi) is 3.11. The lowest BCUT2D eigenvalue weighted by Gasteiger charge is -2.40. The molecule has 2 atom stereocenters. The summed E-state index contributed by atoms with van der Waals surface area (Å²) in [6.07, 6.45) is 3.47. The van der Waals surface area contributed by atoms with E-state index in [9.17, 15) is 0 Å². The second kappa shape index (κ2) is 4.08. The molecule has 0 spiro atoms. The topological polar surface area (TPSA) is 26.0 Å². The molecule has 1 aromatic rings. The Labute approximate surface area is 101 Å². The normalized spacial score (nSPS) is 30.4. The van der Waals surface area contributed by atoms with Crippen LogP contribution in [0.2, 0.25) is 4.34 Å². The summed E-state index contributed by atoms with van der Waals surface area (Å²) in [6, 6.07) is 4.53. The summed E-state index contributed by atoms with van der Waals surface area (Å²) in [6.45, 7) is 4.69. The van der Waals surface area contributed by atoms with Gasteiger partial charge in [0.2, 0.25) is 0 Å². The van der Waals surface area contributed by atoms with Crippen molar-refractivity contribution in [3.63, 3.8) is 0 Å². The average molecular weight is 244 g/mol. The maximum atomic E-state index is 6.06. The highest BCUT2D eigenvalue weighted by molar-refractivity contribution is 7.16. The minimum atomic E-state index is 0.365. The van der Waals surface area contributed by atoms with Crippen molar-refractivity contribution >= 4 is 22.9 Å². The Bertz CT molecular complexity index is 345. The van der Waals surface area contributed by atoms with Gasteiger partial charge in [0.15, 0.2) is 0 Å². The first kappa shape index (κ1) is 11.4. The molecule has 2 unspecified atom stereocenters. The Morgan fingerprint density at radius 2 is 2.20 bits per heavy atom. The molecule has 1 aliphatic carbocycles. The third kappa shape index (κ3) is 2.38. The van der Waals surface area contributed by atoms with E-state index >= 15 is 0 Å². The van der Waals surface area contributed by atoms with Crippen LogP contribution in [0, 0.1) is 5.41 Å². The third-order valence-electron chi connectivity index (χ3n) is 3.58. The van der Waals surface area contributed by atoms with Gasteiger partial charge in [-0.15, -0.1) is 11.3 Å². The molecule has 84 valence electrons. The fourth-order valence-electron chi connectivity index (χ4n) is 2.49. The van der Waals surface area contributed by atoms with Gasteiger partial charge in [-0.05, 0) is 42.7 Å². The molecule has 0 amide bonds. The quantitative estimate of drug-likeness (QED) is 0.792. The zero-order chi connectivity index (χ0) is 11.1. The first-order valence-corrected chi connectivity index (χ1v) is 6.69. The van der Waals surface area contributed by atoms with Gasteiger partial charge < -0.3 is 5.73 Å². The molecule has 0 bridgehead atoms. The van der Waals surface area contributed by atoms with Gasteiger partial charge in [0, 0.05) is 10.9 Å². The molecular weight excluding hydrogens is 226 g/mol. The van der Waals surface area contributed by atoms with E-state index in [0.717, 1.165) is 17.2 Å². The highest BCUT2D eigenvalue weighted by Gasteiger charge is 2.36. The minimum Gasteiger partial charge on any atom is -0.328 e. The van der Waals surface area contributed by atoms with Crippen molar-refractivity contribution in [2.75, 3.05) is 0 Å². The zero-order valence-corrected chi connectivity index (χ0v) is 10.9. The number of nitrogens with two attached hydrogens (primary N) is 1. The van der Waals surface area contributed by atoms with Gasteiger partial charge in [-0.1, -0.05) is 25.4 Å². The minimum absolute atomic E-state index is 0.365. The SMILES string of the molecule is CC1(C)CCC(N)CC1c1ccc(Cl)s1. The molecule has 2 rings (SSSR count). The van der Waals surface area contributed by atoms with Crippen molar-refractivity contribution in [2.24, 2.45) is 11.1 Å². The number of hydrogen-bond acceptors (Lipinski definition) is 2. The zero-order valence-electron chi connectivity index (χ0n) is 9.29. The first-order valence-electron chi connectivity index (χ1n) is 5.50. The monoisotopic (exact) mass is 243 g/mol. The lowest BCUT2D eigenvalue weighted by molar-refractivity contribution is 0.185. The Hall–Kier alpha value is -0.0500. The maximum Gasteiger partial charge on any atom is 0.0931 e. The summed E-state index contributed by atoms with van der Waals surface area (Å²) in [5.41, 5.74) is 6.43. The van der Waals surface area contributed by atoms with E-state index in [1.165, 1.54) is 11.3 Å². The summed E-state index contributed by atoms with van der Waals surface area (Å²) in [5, 5.41) is 0. The number of hydrogen-bond donors (Lipinski definition) is 1. The molecule has 1 nitrogen and oxygen atoms in total. The molecule has 1 aliphatic rings. The molecule has 1 fully saturated rings. The van der Waals surface area contributed by atoms with Crippen molar-refractivity contribution in [3.8, 4) is 0 Å². The van der Waals surface area contributed by atoms with Crippen LogP contribution in [0.15, 0.2) is 12.1 Å². The van der Waals surface area contributed by atoms with Crippen molar-refractivity contribution in [1.29, 1.82) is 0 Å². The second-order valence-electron chi connectivity index (χ2n) is 5.22. The van der Waals surface area contributed by atoms with E-state index in [1.54, 1.807) is 11.3 Å². The number of rotatable bonds is 1. The molecule has 0 radical (unpaired) electrons. The van der Waals surface area contributed by atoms with Gasteiger partial charge in [0.1, 0.15) is 0 Å². The third-order valence-corrected chi connectivity index (χ3v) is 4.92. The Morgan fingerprint density at radius 1 is 1.47 bits per heavy atom. The van der Waals surface area contributed by atoms with Gasteiger partial charge in [-0.3, -0.25) is 0 Å². The van der Waals surface area contributed by atoms with Crippen molar-refractivity contribution < 1.29 is 0 Å². The maximum absolute atomic E-state index is 6.06. The van der Waals surface area contributed by atoms with Crippen LogP contribution in [0.25, 0.3) is 0 Å². The van der Waals surface area contributed by atoms with Crippen molar-refractivity contribution in [1.82, 2.24) is 0 Å². The molecule has 1 heterocycles. The largest absolute Gasteiger partial charge is 0.328 e. The fraction of sp³-hybridized carbons (Fsp3) is 0.667. The Morgan fingerprint density at radius 3 is 2.80 bits per heavy atom. The molecule has 3 heteroatoms.